The van der Waals surface area contributed by atoms with Crippen molar-refractivity contribution in [3.63, 3.8) is 0 Å². The van der Waals surface area contributed by atoms with Crippen molar-refractivity contribution in [3.05, 3.63) is 35.5 Å². The van der Waals surface area contributed by atoms with Crippen molar-refractivity contribution in [1.29, 1.82) is 0 Å². The largest absolute Gasteiger partial charge is 0.356 e. The Kier molecular flexibility index (Phi) is 7.24. The quantitative estimate of drug-likeness (QED) is 0.389. The van der Waals surface area contributed by atoms with Gasteiger partial charge in [0, 0.05) is 36.2 Å². The van der Waals surface area contributed by atoms with Gasteiger partial charge in [-0.2, -0.15) is 0 Å². The number of fused-ring (bicyclic) bond motifs is 5. The Labute approximate surface area is 188 Å². The first-order valence-electron chi connectivity index (χ1n) is 12.8. The lowest BCUT2D eigenvalue weighted by atomic mass is 9.82. The molecule has 1 N–H and O–H groups in total. The highest BCUT2D eigenvalue weighted by molar-refractivity contribution is 5.86. The lowest BCUT2D eigenvalue weighted by Crippen LogP contribution is -2.61. The Morgan fingerprint density at radius 3 is 2.35 bits per heavy atom. The highest BCUT2D eigenvalue weighted by Gasteiger charge is 2.47. The second-order valence-electron chi connectivity index (χ2n) is 9.90. The second kappa shape index (κ2) is 10.1. The van der Waals surface area contributed by atoms with Crippen LogP contribution < -0.4 is 0 Å². The first-order valence-corrected chi connectivity index (χ1v) is 12.8. The molecular weight excluding hydrogens is 382 g/mol. The number of aromatic nitrogens is 1. The monoisotopic (exact) mass is 423 g/mol. The third kappa shape index (κ3) is 4.63. The van der Waals surface area contributed by atoms with Gasteiger partial charge in [0.2, 0.25) is 0 Å². The minimum absolute atomic E-state index is 0.196. The summed E-state index contributed by atoms with van der Waals surface area (Å²) in [5.74, 6) is 0. The van der Waals surface area contributed by atoms with Crippen LogP contribution in [0.15, 0.2) is 24.3 Å². The molecule has 3 heterocycles. The topological polar surface area (TPSA) is 39.3 Å². The number of carbonyl (C=O) groups excluding carboxylic acids is 1. The van der Waals surface area contributed by atoms with Gasteiger partial charge < -0.3 is 14.8 Å². The lowest BCUT2D eigenvalue weighted by molar-refractivity contribution is 0.0388. The molecule has 0 radical (unpaired) electrons. The fraction of sp³-hybridized carbons (Fsp3) is 0.667. The van der Waals surface area contributed by atoms with E-state index in [1.807, 2.05) is 0 Å². The number of benzene rings is 1. The van der Waals surface area contributed by atoms with Crippen molar-refractivity contribution in [2.24, 2.45) is 0 Å². The summed E-state index contributed by atoms with van der Waals surface area (Å²) in [6.07, 6.45) is 15.3. The Hall–Kier alpha value is -1.97. The van der Waals surface area contributed by atoms with Crippen LogP contribution in [0.4, 0.5) is 4.79 Å². The SMILES string of the molecule is CCCCCCCCCCCCN1CC[C@]2(C)c3[nH]c4ccccc4c3CCN2C1=O. The van der Waals surface area contributed by atoms with Crippen molar-refractivity contribution in [2.45, 2.75) is 96.4 Å². The molecule has 2 aromatic rings. The third-order valence-corrected chi connectivity index (χ3v) is 7.68. The minimum atomic E-state index is -0.196. The van der Waals surface area contributed by atoms with E-state index in [1.54, 1.807) is 0 Å². The highest BCUT2D eigenvalue weighted by atomic mass is 16.2. The number of urea groups is 1. The number of unbranched alkanes of at least 4 members (excludes halogenated alkanes) is 9. The molecule has 0 bridgehead atoms. The van der Waals surface area contributed by atoms with Gasteiger partial charge >= 0.3 is 6.03 Å². The molecular formula is C27H41N3O. The Bertz CT molecular complexity index is 872. The van der Waals surface area contributed by atoms with Crippen molar-refractivity contribution in [2.75, 3.05) is 19.6 Å². The molecule has 2 aliphatic rings. The molecule has 4 nitrogen and oxygen atoms in total. The molecule has 170 valence electrons. The van der Waals surface area contributed by atoms with Gasteiger partial charge in [-0.05, 0) is 37.8 Å². The number of carbonyl (C=O) groups is 1. The van der Waals surface area contributed by atoms with E-state index in [-0.39, 0.29) is 11.6 Å². The average Bonchev–Trinajstić information content (AvgIpc) is 3.17. The van der Waals surface area contributed by atoms with Crippen LogP contribution in [-0.2, 0) is 12.0 Å². The van der Waals surface area contributed by atoms with E-state index in [4.69, 9.17) is 0 Å². The molecule has 2 amide bonds. The van der Waals surface area contributed by atoms with Crippen LogP contribution >= 0.6 is 0 Å². The molecule has 1 aromatic heterocycles. The molecule has 1 fully saturated rings. The number of hydrogen-bond acceptors (Lipinski definition) is 1. The molecule has 4 rings (SSSR count). The Morgan fingerprint density at radius 2 is 1.61 bits per heavy atom. The Balaban J connectivity index is 1.25. The number of rotatable bonds is 11. The normalized spacial score (nSPS) is 20.9. The zero-order chi connectivity index (χ0) is 21.7. The average molecular weight is 424 g/mol. The van der Waals surface area contributed by atoms with Crippen LogP contribution in [0.3, 0.4) is 0 Å². The second-order valence-corrected chi connectivity index (χ2v) is 9.90. The number of aromatic amines is 1. The van der Waals surface area contributed by atoms with Crippen molar-refractivity contribution >= 4 is 16.9 Å². The maximum Gasteiger partial charge on any atom is 0.320 e. The zero-order valence-corrected chi connectivity index (χ0v) is 19.7. The number of hydrogen-bond donors (Lipinski definition) is 1. The van der Waals surface area contributed by atoms with Crippen LogP contribution in [0.5, 0.6) is 0 Å². The summed E-state index contributed by atoms with van der Waals surface area (Å²) in [6.45, 7) is 7.16. The maximum absolute atomic E-state index is 13.3. The van der Waals surface area contributed by atoms with Crippen LogP contribution in [0, 0.1) is 0 Å². The molecule has 1 aromatic carbocycles. The van der Waals surface area contributed by atoms with Crippen molar-refractivity contribution < 1.29 is 4.79 Å². The molecule has 31 heavy (non-hydrogen) atoms. The molecule has 1 atom stereocenters. The standard InChI is InChI=1S/C27H41N3O/c1-3-4-5-6-7-8-9-10-11-14-19-29-21-18-27(2)25-23(17-20-30(27)26(29)31)22-15-12-13-16-24(22)28-25/h12-13,15-16,28H,3-11,14,17-21H2,1-2H3/t27-/m1/s1. The van der Waals surface area contributed by atoms with Crippen LogP contribution in [0.25, 0.3) is 10.9 Å². The molecule has 4 heteroatoms. The van der Waals surface area contributed by atoms with Crippen LogP contribution in [0.2, 0.25) is 0 Å². The van der Waals surface area contributed by atoms with Gasteiger partial charge in [-0.15, -0.1) is 0 Å². The number of H-pyrrole nitrogens is 1. The van der Waals surface area contributed by atoms with E-state index >= 15 is 0 Å². The van der Waals surface area contributed by atoms with Gasteiger partial charge in [0.1, 0.15) is 0 Å². The summed E-state index contributed by atoms with van der Waals surface area (Å²) in [7, 11) is 0. The molecule has 1 saturated heterocycles. The van der Waals surface area contributed by atoms with E-state index in [0.29, 0.717) is 0 Å². The van der Waals surface area contributed by atoms with Gasteiger partial charge in [-0.25, -0.2) is 4.79 Å². The van der Waals surface area contributed by atoms with E-state index in [9.17, 15) is 4.79 Å². The summed E-state index contributed by atoms with van der Waals surface area (Å²) < 4.78 is 0. The maximum atomic E-state index is 13.3. The minimum Gasteiger partial charge on any atom is -0.356 e. The molecule has 2 aliphatic heterocycles. The summed E-state index contributed by atoms with van der Waals surface area (Å²) in [5.41, 5.74) is 3.70. The van der Waals surface area contributed by atoms with E-state index < -0.39 is 0 Å². The molecule has 0 unspecified atom stereocenters. The Morgan fingerprint density at radius 1 is 0.935 bits per heavy atom. The first kappa shape index (κ1) is 22.2. The highest BCUT2D eigenvalue weighted by Crippen LogP contribution is 2.43. The lowest BCUT2D eigenvalue weighted by Gasteiger charge is -2.51. The summed E-state index contributed by atoms with van der Waals surface area (Å²) in [5, 5.41) is 1.33. The first-order chi connectivity index (χ1) is 15.1. The zero-order valence-electron chi connectivity index (χ0n) is 19.7. The fourth-order valence-electron chi connectivity index (χ4n) is 5.71. The number of nitrogens with zero attached hydrogens (tertiary/aromatic N) is 2. The number of amides is 2. The fourth-order valence-corrected chi connectivity index (χ4v) is 5.71. The molecule has 0 spiro atoms. The predicted octanol–water partition coefficient (Wildman–Crippen LogP) is 6.99. The summed E-state index contributed by atoms with van der Waals surface area (Å²) in [6, 6.07) is 8.82. The summed E-state index contributed by atoms with van der Waals surface area (Å²) >= 11 is 0. The van der Waals surface area contributed by atoms with E-state index in [1.165, 1.54) is 79.9 Å². The number of para-hydroxylation sites is 1. The molecule has 0 saturated carbocycles. The van der Waals surface area contributed by atoms with Crippen LogP contribution in [-0.4, -0.2) is 40.4 Å². The third-order valence-electron chi connectivity index (χ3n) is 7.68. The van der Waals surface area contributed by atoms with Crippen molar-refractivity contribution in [3.8, 4) is 0 Å². The van der Waals surface area contributed by atoms with Gasteiger partial charge in [0.05, 0.1) is 5.54 Å². The van der Waals surface area contributed by atoms with E-state index in [2.05, 4.69) is 52.9 Å². The van der Waals surface area contributed by atoms with Gasteiger partial charge in [0.25, 0.3) is 0 Å². The number of nitrogens with one attached hydrogen (secondary N) is 1. The van der Waals surface area contributed by atoms with Crippen LogP contribution in [0.1, 0.15) is 95.7 Å². The van der Waals surface area contributed by atoms with Crippen molar-refractivity contribution in [1.82, 2.24) is 14.8 Å². The predicted molar refractivity (Wildman–Crippen MR) is 129 cm³/mol. The van der Waals surface area contributed by atoms with Gasteiger partial charge in [0.15, 0.2) is 0 Å². The van der Waals surface area contributed by atoms with E-state index in [0.717, 1.165) is 38.9 Å². The smallest absolute Gasteiger partial charge is 0.320 e. The van der Waals surface area contributed by atoms with Gasteiger partial charge in [-0.1, -0.05) is 82.9 Å². The van der Waals surface area contributed by atoms with Gasteiger partial charge in [-0.3, -0.25) is 0 Å². The molecule has 0 aliphatic carbocycles. The summed E-state index contributed by atoms with van der Waals surface area (Å²) in [4.78, 5) is 21.2.